The van der Waals surface area contributed by atoms with Crippen LogP contribution in [-0.2, 0) is 0 Å². The second kappa shape index (κ2) is 3.52. The fourth-order valence-electron chi connectivity index (χ4n) is 0.738. The molecule has 2 N–H and O–H groups in total. The molecule has 0 aliphatic heterocycles. The van der Waals surface area contributed by atoms with E-state index in [2.05, 4.69) is 22.5 Å². The van der Waals surface area contributed by atoms with Crippen molar-refractivity contribution in [3.63, 3.8) is 0 Å². The average molecular weight is 232 g/mol. The Morgan fingerprint density at radius 2 is 2.36 bits per heavy atom. The lowest BCUT2D eigenvalue weighted by Gasteiger charge is -2.07. The van der Waals surface area contributed by atoms with E-state index < -0.39 is 0 Å². The van der Waals surface area contributed by atoms with Gasteiger partial charge in [0.05, 0.1) is 9.83 Å². The molecule has 1 atom stereocenters. The van der Waals surface area contributed by atoms with Gasteiger partial charge in [-0.25, -0.2) is 0 Å². The van der Waals surface area contributed by atoms with Crippen molar-refractivity contribution in [2.75, 3.05) is 0 Å². The van der Waals surface area contributed by atoms with Crippen molar-refractivity contribution in [1.82, 2.24) is 0 Å². The fourth-order valence-corrected chi connectivity index (χ4v) is 2.26. The fraction of sp³-hybridized carbons (Fsp3) is 0.250. The van der Waals surface area contributed by atoms with Crippen LogP contribution >= 0.6 is 27.3 Å². The molecule has 1 rings (SSSR count). The van der Waals surface area contributed by atoms with Crippen LogP contribution < -0.4 is 5.73 Å². The molecule has 0 aliphatic carbocycles. The SMILES string of the molecule is C=C(C)[C@@H](N)c1ccc(Br)s1. The molecular weight excluding hydrogens is 222 g/mol. The first-order valence-corrected chi connectivity index (χ1v) is 4.88. The zero-order valence-electron chi connectivity index (χ0n) is 6.30. The van der Waals surface area contributed by atoms with Gasteiger partial charge in [0.2, 0.25) is 0 Å². The summed E-state index contributed by atoms with van der Waals surface area (Å²) >= 11 is 5.04. The molecule has 0 amide bonds. The van der Waals surface area contributed by atoms with Crippen LogP contribution in [-0.4, -0.2) is 0 Å². The minimum Gasteiger partial charge on any atom is -0.320 e. The maximum atomic E-state index is 5.84. The van der Waals surface area contributed by atoms with Gasteiger partial charge in [-0.05, 0) is 35.0 Å². The van der Waals surface area contributed by atoms with Gasteiger partial charge in [0.1, 0.15) is 0 Å². The Morgan fingerprint density at radius 1 is 1.73 bits per heavy atom. The summed E-state index contributed by atoms with van der Waals surface area (Å²) < 4.78 is 1.12. The largest absolute Gasteiger partial charge is 0.320 e. The highest BCUT2D eigenvalue weighted by atomic mass is 79.9. The summed E-state index contributed by atoms with van der Waals surface area (Å²) in [6, 6.07) is 4.02. The van der Waals surface area contributed by atoms with Crippen LogP contribution in [0.4, 0.5) is 0 Å². The van der Waals surface area contributed by atoms with Gasteiger partial charge in [-0.1, -0.05) is 12.2 Å². The van der Waals surface area contributed by atoms with Gasteiger partial charge < -0.3 is 5.73 Å². The molecule has 0 saturated carbocycles. The summed E-state index contributed by atoms with van der Waals surface area (Å²) in [5.41, 5.74) is 6.84. The molecule has 60 valence electrons. The van der Waals surface area contributed by atoms with E-state index in [-0.39, 0.29) is 6.04 Å². The second-order valence-electron chi connectivity index (χ2n) is 2.47. The van der Waals surface area contributed by atoms with Gasteiger partial charge in [0.25, 0.3) is 0 Å². The van der Waals surface area contributed by atoms with Gasteiger partial charge >= 0.3 is 0 Å². The van der Waals surface area contributed by atoms with Crippen LogP contribution in [0.1, 0.15) is 17.8 Å². The van der Waals surface area contributed by atoms with Crippen LogP contribution in [0, 0.1) is 0 Å². The summed E-state index contributed by atoms with van der Waals surface area (Å²) in [6.45, 7) is 5.75. The predicted molar refractivity (Wildman–Crippen MR) is 53.8 cm³/mol. The van der Waals surface area contributed by atoms with Gasteiger partial charge in [-0.2, -0.15) is 0 Å². The third-order valence-corrected chi connectivity index (χ3v) is 3.14. The Labute approximate surface area is 79.0 Å². The Bertz CT molecular complexity index is 267. The minimum atomic E-state index is -0.00806. The van der Waals surface area contributed by atoms with Gasteiger partial charge in [-0.3, -0.25) is 0 Å². The Balaban J connectivity index is 2.84. The molecule has 0 unspecified atom stereocenters. The molecule has 1 heterocycles. The molecule has 3 heteroatoms. The van der Waals surface area contributed by atoms with Crippen LogP contribution in [0.2, 0.25) is 0 Å². The number of rotatable bonds is 2. The van der Waals surface area contributed by atoms with Crippen molar-refractivity contribution >= 4 is 27.3 Å². The highest BCUT2D eigenvalue weighted by Gasteiger charge is 2.07. The van der Waals surface area contributed by atoms with Gasteiger partial charge in [0.15, 0.2) is 0 Å². The third-order valence-electron chi connectivity index (χ3n) is 1.43. The molecule has 1 nitrogen and oxygen atoms in total. The first-order valence-electron chi connectivity index (χ1n) is 3.27. The van der Waals surface area contributed by atoms with Crippen LogP contribution in [0.3, 0.4) is 0 Å². The van der Waals surface area contributed by atoms with Crippen molar-refractivity contribution < 1.29 is 0 Å². The summed E-state index contributed by atoms with van der Waals surface area (Å²) in [5, 5.41) is 0. The van der Waals surface area contributed by atoms with E-state index in [0.717, 1.165) is 14.2 Å². The average Bonchev–Trinajstić information content (AvgIpc) is 2.34. The molecule has 0 saturated heterocycles. The Hall–Kier alpha value is -0.120. The van der Waals surface area contributed by atoms with Crippen LogP contribution in [0.5, 0.6) is 0 Å². The van der Waals surface area contributed by atoms with Crippen LogP contribution in [0.25, 0.3) is 0 Å². The second-order valence-corrected chi connectivity index (χ2v) is 4.96. The van der Waals surface area contributed by atoms with E-state index in [1.165, 1.54) is 0 Å². The molecule has 0 bridgehead atoms. The van der Waals surface area contributed by atoms with Crippen molar-refractivity contribution in [2.24, 2.45) is 5.73 Å². The van der Waals surface area contributed by atoms with E-state index in [1.807, 2.05) is 19.1 Å². The number of hydrogen-bond donors (Lipinski definition) is 1. The maximum absolute atomic E-state index is 5.84. The van der Waals surface area contributed by atoms with Crippen LogP contribution in [0.15, 0.2) is 28.1 Å². The lowest BCUT2D eigenvalue weighted by atomic mass is 10.1. The van der Waals surface area contributed by atoms with Crippen molar-refractivity contribution in [1.29, 1.82) is 0 Å². The molecular formula is C8H10BrNS. The third kappa shape index (κ3) is 2.15. The highest BCUT2D eigenvalue weighted by Crippen LogP contribution is 2.28. The molecule has 0 fully saturated rings. The molecule has 0 aliphatic rings. The molecule has 1 aromatic heterocycles. The van der Waals surface area contributed by atoms with Crippen molar-refractivity contribution in [3.05, 3.63) is 32.9 Å². The zero-order chi connectivity index (χ0) is 8.43. The monoisotopic (exact) mass is 231 g/mol. The number of nitrogens with two attached hydrogens (primary N) is 1. The van der Waals surface area contributed by atoms with Crippen molar-refractivity contribution in [2.45, 2.75) is 13.0 Å². The van der Waals surface area contributed by atoms with E-state index in [1.54, 1.807) is 11.3 Å². The van der Waals surface area contributed by atoms with Crippen molar-refractivity contribution in [3.8, 4) is 0 Å². The van der Waals surface area contributed by atoms with E-state index in [9.17, 15) is 0 Å². The Kier molecular flexibility index (Phi) is 2.87. The molecule has 0 spiro atoms. The van der Waals surface area contributed by atoms with E-state index in [4.69, 9.17) is 5.73 Å². The summed E-state index contributed by atoms with van der Waals surface area (Å²) in [6.07, 6.45) is 0. The topological polar surface area (TPSA) is 26.0 Å². The van der Waals surface area contributed by atoms with E-state index in [0.29, 0.717) is 0 Å². The standard InChI is InChI=1S/C8H10BrNS/c1-5(2)8(10)6-3-4-7(9)11-6/h3-4,8H,1,10H2,2H3/t8-/m1/s1. The van der Waals surface area contributed by atoms with Gasteiger partial charge in [0, 0.05) is 4.88 Å². The molecule has 1 aromatic rings. The summed E-state index contributed by atoms with van der Waals surface area (Å²) in [7, 11) is 0. The lowest BCUT2D eigenvalue weighted by Crippen LogP contribution is -2.08. The smallest absolute Gasteiger partial charge is 0.0702 e. The number of halogens is 1. The predicted octanol–water partition coefficient (Wildman–Crippen LogP) is 3.09. The summed E-state index contributed by atoms with van der Waals surface area (Å²) in [5.74, 6) is 0. The zero-order valence-corrected chi connectivity index (χ0v) is 8.71. The molecule has 0 radical (unpaired) electrons. The molecule has 11 heavy (non-hydrogen) atoms. The Morgan fingerprint density at radius 3 is 2.73 bits per heavy atom. The molecule has 0 aromatic carbocycles. The maximum Gasteiger partial charge on any atom is 0.0702 e. The number of thiophene rings is 1. The normalized spacial score (nSPS) is 13.0. The quantitative estimate of drug-likeness (QED) is 0.779. The minimum absolute atomic E-state index is 0.00806. The lowest BCUT2D eigenvalue weighted by molar-refractivity contribution is 0.871. The van der Waals surface area contributed by atoms with E-state index >= 15 is 0 Å². The van der Waals surface area contributed by atoms with Gasteiger partial charge in [-0.15, -0.1) is 11.3 Å². The highest BCUT2D eigenvalue weighted by molar-refractivity contribution is 9.11. The first kappa shape index (κ1) is 8.97. The summed E-state index contributed by atoms with van der Waals surface area (Å²) in [4.78, 5) is 1.16. The number of hydrogen-bond acceptors (Lipinski definition) is 2. The first-order chi connectivity index (χ1) is 5.11.